The molecule has 0 spiro atoms. The molecule has 2 nitrogen and oxygen atoms in total. The maximum atomic E-state index is 13.2. The van der Waals surface area contributed by atoms with Crippen molar-refractivity contribution in [2.75, 3.05) is 20.6 Å². The Morgan fingerprint density at radius 1 is 1.50 bits per heavy atom. The van der Waals surface area contributed by atoms with E-state index in [9.17, 15) is 9.18 Å². The Labute approximate surface area is 90.8 Å². The third-order valence-corrected chi connectivity index (χ3v) is 2.18. The summed E-state index contributed by atoms with van der Waals surface area (Å²) in [7, 11) is 3.54. The predicted octanol–water partition coefficient (Wildman–Crippen LogP) is 2.33. The summed E-state index contributed by atoms with van der Waals surface area (Å²) in [5, 5.41) is 0. The molecule has 0 saturated heterocycles. The van der Waals surface area contributed by atoms with E-state index in [1.807, 2.05) is 0 Å². The molecule has 0 radical (unpaired) electrons. The molecular weight excluding hydrogens is 249 g/mol. The molecule has 14 heavy (non-hydrogen) atoms. The molecule has 0 aliphatic heterocycles. The number of nitrogens with zero attached hydrogens (tertiary/aromatic N) is 1. The van der Waals surface area contributed by atoms with Gasteiger partial charge in [-0.15, -0.1) is 0 Å². The van der Waals surface area contributed by atoms with Crippen LogP contribution in [0.15, 0.2) is 22.7 Å². The largest absolute Gasteiger partial charge is 0.302 e. The maximum Gasteiger partial charge on any atom is 0.179 e. The normalized spacial score (nSPS) is 10.6. The van der Waals surface area contributed by atoms with E-state index < -0.39 is 5.82 Å². The highest BCUT2D eigenvalue weighted by molar-refractivity contribution is 9.10. The summed E-state index contributed by atoms with van der Waals surface area (Å²) >= 11 is 3.20. The zero-order valence-corrected chi connectivity index (χ0v) is 9.64. The summed E-state index contributed by atoms with van der Waals surface area (Å²) in [5.41, 5.74) is 0.132. The molecule has 0 heterocycles. The second kappa shape index (κ2) is 4.66. The summed E-state index contributed by atoms with van der Waals surface area (Å²) in [6, 6.07) is 4.36. The molecule has 0 N–H and O–H groups in total. The minimum absolute atomic E-state index is 0.132. The Morgan fingerprint density at radius 2 is 2.14 bits per heavy atom. The minimum Gasteiger partial charge on any atom is -0.302 e. The number of Topliss-reactive ketones (excluding diaryl/α,β-unsaturated/α-hetero) is 1. The number of rotatable bonds is 3. The third kappa shape index (κ3) is 2.89. The molecule has 0 bridgehead atoms. The van der Waals surface area contributed by atoms with Gasteiger partial charge in [-0.25, -0.2) is 4.39 Å². The van der Waals surface area contributed by atoms with E-state index in [1.54, 1.807) is 25.1 Å². The van der Waals surface area contributed by atoms with Crippen LogP contribution < -0.4 is 0 Å². The summed E-state index contributed by atoms with van der Waals surface area (Å²) in [6.45, 7) is 0.216. The van der Waals surface area contributed by atoms with E-state index in [4.69, 9.17) is 0 Å². The standard InChI is InChI=1S/C10H11BrFNO/c1-13(2)6-10(14)8-5-7(11)3-4-9(8)12/h3-5H,6H2,1-2H3. The average molecular weight is 260 g/mol. The minimum atomic E-state index is -0.472. The van der Waals surface area contributed by atoms with Gasteiger partial charge in [0, 0.05) is 4.47 Å². The first-order chi connectivity index (χ1) is 6.50. The van der Waals surface area contributed by atoms with Crippen molar-refractivity contribution in [3.8, 4) is 0 Å². The van der Waals surface area contributed by atoms with Gasteiger partial charge in [-0.05, 0) is 32.3 Å². The van der Waals surface area contributed by atoms with Gasteiger partial charge in [0.2, 0.25) is 0 Å². The number of benzene rings is 1. The fourth-order valence-electron chi connectivity index (χ4n) is 1.08. The Kier molecular flexibility index (Phi) is 3.77. The number of likely N-dealkylation sites (N-methyl/N-ethyl adjacent to an activating group) is 1. The maximum absolute atomic E-state index is 13.2. The molecule has 76 valence electrons. The summed E-state index contributed by atoms with van der Waals surface area (Å²) in [5.74, 6) is -0.686. The Morgan fingerprint density at radius 3 is 2.71 bits per heavy atom. The van der Waals surface area contributed by atoms with Crippen molar-refractivity contribution in [3.05, 3.63) is 34.1 Å². The molecule has 0 aromatic heterocycles. The van der Waals surface area contributed by atoms with Crippen LogP contribution in [0.25, 0.3) is 0 Å². The number of carbonyl (C=O) groups excluding carboxylic acids is 1. The van der Waals surface area contributed by atoms with Gasteiger partial charge in [-0.3, -0.25) is 4.79 Å². The Balaban J connectivity index is 2.94. The van der Waals surface area contributed by atoms with Crippen molar-refractivity contribution in [3.63, 3.8) is 0 Å². The van der Waals surface area contributed by atoms with Crippen molar-refractivity contribution in [1.29, 1.82) is 0 Å². The summed E-state index contributed by atoms with van der Waals surface area (Å²) in [6.07, 6.45) is 0. The highest BCUT2D eigenvalue weighted by Gasteiger charge is 2.12. The van der Waals surface area contributed by atoms with Gasteiger partial charge in [0.05, 0.1) is 12.1 Å². The fourth-order valence-corrected chi connectivity index (χ4v) is 1.44. The lowest BCUT2D eigenvalue weighted by molar-refractivity contribution is 0.0954. The molecule has 0 unspecified atom stereocenters. The highest BCUT2D eigenvalue weighted by atomic mass is 79.9. The van der Waals surface area contributed by atoms with Crippen LogP contribution in [0.4, 0.5) is 4.39 Å². The number of hydrogen-bond acceptors (Lipinski definition) is 2. The van der Waals surface area contributed by atoms with Crippen LogP contribution in [0.3, 0.4) is 0 Å². The lowest BCUT2D eigenvalue weighted by atomic mass is 10.1. The molecule has 1 aromatic carbocycles. The topological polar surface area (TPSA) is 20.3 Å². The van der Waals surface area contributed by atoms with E-state index in [-0.39, 0.29) is 17.9 Å². The van der Waals surface area contributed by atoms with Crippen molar-refractivity contribution in [2.24, 2.45) is 0 Å². The zero-order chi connectivity index (χ0) is 10.7. The van der Waals surface area contributed by atoms with Gasteiger partial charge >= 0.3 is 0 Å². The van der Waals surface area contributed by atoms with Crippen LogP contribution >= 0.6 is 15.9 Å². The van der Waals surface area contributed by atoms with Crippen LogP contribution in [-0.2, 0) is 0 Å². The van der Waals surface area contributed by atoms with Gasteiger partial charge in [0.25, 0.3) is 0 Å². The van der Waals surface area contributed by atoms with Crippen LogP contribution in [0.2, 0.25) is 0 Å². The van der Waals surface area contributed by atoms with Crippen molar-refractivity contribution >= 4 is 21.7 Å². The Hall–Kier alpha value is -0.740. The molecule has 0 aliphatic carbocycles. The first kappa shape index (κ1) is 11.3. The number of ketones is 1. The van der Waals surface area contributed by atoms with Gasteiger partial charge in [-0.1, -0.05) is 15.9 Å². The molecule has 4 heteroatoms. The van der Waals surface area contributed by atoms with Gasteiger partial charge in [-0.2, -0.15) is 0 Å². The van der Waals surface area contributed by atoms with E-state index in [0.29, 0.717) is 4.47 Å². The van der Waals surface area contributed by atoms with Crippen molar-refractivity contribution in [2.45, 2.75) is 0 Å². The molecule has 0 aliphatic rings. The molecule has 1 aromatic rings. The number of carbonyl (C=O) groups is 1. The van der Waals surface area contributed by atoms with Crippen LogP contribution in [-0.4, -0.2) is 31.3 Å². The smallest absolute Gasteiger partial charge is 0.179 e. The number of hydrogen-bond donors (Lipinski definition) is 0. The fraction of sp³-hybridized carbons (Fsp3) is 0.300. The lowest BCUT2D eigenvalue weighted by Crippen LogP contribution is -2.22. The van der Waals surface area contributed by atoms with Gasteiger partial charge < -0.3 is 4.90 Å². The van der Waals surface area contributed by atoms with E-state index in [2.05, 4.69) is 15.9 Å². The summed E-state index contributed by atoms with van der Waals surface area (Å²) < 4.78 is 13.9. The van der Waals surface area contributed by atoms with E-state index in [0.717, 1.165) is 0 Å². The summed E-state index contributed by atoms with van der Waals surface area (Å²) in [4.78, 5) is 13.2. The van der Waals surface area contributed by atoms with Crippen molar-refractivity contribution in [1.82, 2.24) is 4.90 Å². The van der Waals surface area contributed by atoms with Crippen LogP contribution in [0.5, 0.6) is 0 Å². The molecule has 1 rings (SSSR count). The monoisotopic (exact) mass is 259 g/mol. The SMILES string of the molecule is CN(C)CC(=O)c1cc(Br)ccc1F. The van der Waals surface area contributed by atoms with Crippen LogP contribution in [0.1, 0.15) is 10.4 Å². The zero-order valence-electron chi connectivity index (χ0n) is 8.05. The van der Waals surface area contributed by atoms with E-state index in [1.165, 1.54) is 12.1 Å². The first-order valence-electron chi connectivity index (χ1n) is 4.13. The predicted molar refractivity (Wildman–Crippen MR) is 57.0 cm³/mol. The highest BCUT2D eigenvalue weighted by Crippen LogP contribution is 2.16. The first-order valence-corrected chi connectivity index (χ1v) is 4.93. The van der Waals surface area contributed by atoms with Crippen molar-refractivity contribution < 1.29 is 9.18 Å². The number of halogens is 2. The second-order valence-corrected chi connectivity index (χ2v) is 4.20. The average Bonchev–Trinajstić information content (AvgIpc) is 2.08. The Bertz CT molecular complexity index is 352. The molecule has 0 fully saturated rings. The van der Waals surface area contributed by atoms with Gasteiger partial charge in [0.15, 0.2) is 5.78 Å². The lowest BCUT2D eigenvalue weighted by Gasteiger charge is -2.08. The molecule has 0 saturated carbocycles. The molecule has 0 atom stereocenters. The van der Waals surface area contributed by atoms with Crippen LogP contribution in [0, 0.1) is 5.82 Å². The molecular formula is C10H11BrFNO. The van der Waals surface area contributed by atoms with Gasteiger partial charge in [0.1, 0.15) is 5.82 Å². The quantitative estimate of drug-likeness (QED) is 0.777. The molecule has 0 amide bonds. The van der Waals surface area contributed by atoms with E-state index >= 15 is 0 Å². The second-order valence-electron chi connectivity index (χ2n) is 3.29. The third-order valence-electron chi connectivity index (χ3n) is 1.69.